The van der Waals surface area contributed by atoms with Crippen LogP contribution >= 0.6 is 0 Å². The third-order valence-electron chi connectivity index (χ3n) is 18.6. The van der Waals surface area contributed by atoms with E-state index in [2.05, 4.69) is 62.8 Å². The number of rotatable bonds is 28. The summed E-state index contributed by atoms with van der Waals surface area (Å²) in [6, 6.07) is 88.8. The molecule has 12 aromatic rings. The first-order valence-corrected chi connectivity index (χ1v) is 42.3. The molecule has 0 amide bonds. The van der Waals surface area contributed by atoms with E-state index in [4.69, 9.17) is 28.4 Å². The molecule has 668 valence electrons. The highest BCUT2D eigenvalue weighted by Crippen LogP contribution is 2.42. The molecule has 12 rings (SSSR count). The van der Waals surface area contributed by atoms with Crippen LogP contribution in [0.5, 0.6) is 34.5 Å². The summed E-state index contributed by atoms with van der Waals surface area (Å²) < 4.78 is 43.6. The Balaban J connectivity index is 0.000000358. The molecule has 0 aliphatic rings. The van der Waals surface area contributed by atoms with Gasteiger partial charge in [-0.3, -0.25) is 0 Å². The highest BCUT2D eigenvalue weighted by molar-refractivity contribution is 6.00. The Bertz CT molecular complexity index is 5340. The average molecular weight is 1740 g/mol. The lowest BCUT2D eigenvalue weighted by Crippen LogP contribution is -2.24. The maximum absolute atomic E-state index is 13.8. The van der Waals surface area contributed by atoms with E-state index >= 15 is 0 Å². The number of carbonyl (C=O) groups excluding carboxylic acids is 8. The molecule has 0 atom stereocenters. The monoisotopic (exact) mass is 1740 g/mol. The van der Waals surface area contributed by atoms with Crippen molar-refractivity contribution in [2.45, 2.75) is 106 Å². The number of benzene rings is 12. The lowest BCUT2D eigenvalue weighted by molar-refractivity contribution is 0.0591. The van der Waals surface area contributed by atoms with Crippen LogP contribution < -0.4 is 28.4 Å². The Hall–Kier alpha value is -15.7. The van der Waals surface area contributed by atoms with Crippen LogP contribution in [0.2, 0.25) is 0 Å². The fourth-order valence-electron chi connectivity index (χ4n) is 12.1. The molecule has 0 saturated heterocycles. The van der Waals surface area contributed by atoms with Gasteiger partial charge in [0.15, 0.2) is 0 Å². The Morgan fingerprint density at radius 1 is 0.246 bits per heavy atom. The zero-order chi connectivity index (χ0) is 94.9. The molecule has 0 unspecified atom stereocenters. The summed E-state index contributed by atoms with van der Waals surface area (Å²) >= 11 is 0. The Morgan fingerprint density at radius 3 is 0.615 bits per heavy atom. The molecule has 0 radical (unpaired) electrons. The minimum absolute atomic E-state index is 0.164. The van der Waals surface area contributed by atoms with Gasteiger partial charge in [-0.1, -0.05) is 289 Å². The van der Waals surface area contributed by atoms with Crippen LogP contribution in [-0.4, -0.2) is 62.0 Å². The Labute approximate surface area is 766 Å². The standard InChI is InChI=1S/C55H48O8.2C18H16O4.2C6H6.2C4H8.C3H8/c1-7-19-37-23-11-13-31-47(37)60-51(56)39-25-15-27-41(35-39)53(58)62-49-33-17-29-45(43(49)21-9-3)55(5,6)46-30-18-34-50(44(46)22-10-4)63-54(59)42-28-16-26-40(36-42)52(57)61-48-32-14-12-24-38(48)20-8-2;2*1-3-7-13-8-4-5-11-16(13)22-18(20)15-10-6-9-14(12-15)17(19)21-2;2*1-2-4-6-5-3-1;2*1-3-4-2;1-3-2/h7-18,23-36H,1-4,19-22H2,5-6H3;2*3-6,8-12H,1,7H2,2H3;2*1-6H;2*3-4H,1-2H3;3H2,1-2H3/b;;;;;2*4-3+;. The second kappa shape index (κ2) is 59.3. The van der Waals surface area contributed by atoms with E-state index in [9.17, 15) is 38.4 Å². The zero-order valence-corrected chi connectivity index (χ0v) is 75.9. The number of allylic oxidation sites excluding steroid dienone is 10. The predicted molar refractivity (Wildman–Crippen MR) is 522 cm³/mol. The number of ether oxygens (including phenoxy) is 8. The maximum atomic E-state index is 13.8. The van der Waals surface area contributed by atoms with Gasteiger partial charge in [0.25, 0.3) is 0 Å². The van der Waals surface area contributed by atoms with E-state index in [0.717, 1.165) is 44.5 Å². The summed E-state index contributed by atoms with van der Waals surface area (Å²) in [5.74, 6) is -2.16. The number of hydrogen-bond acceptors (Lipinski definition) is 16. The van der Waals surface area contributed by atoms with E-state index in [1.807, 2.05) is 211 Å². The predicted octanol–water partition coefficient (Wildman–Crippen LogP) is 26.6. The van der Waals surface area contributed by atoms with Crippen molar-refractivity contribution in [3.05, 3.63) is 493 Å². The molecule has 16 nitrogen and oxygen atoms in total. The third kappa shape index (κ3) is 34.7. The molecule has 0 N–H and O–H groups in total. The van der Waals surface area contributed by atoms with Gasteiger partial charge in [-0.2, -0.15) is 0 Å². The number of carbonyl (C=O) groups is 8. The molecule has 0 fully saturated rings. The smallest absolute Gasteiger partial charge is 0.343 e. The van der Waals surface area contributed by atoms with Gasteiger partial charge < -0.3 is 37.9 Å². The molecule has 12 aromatic carbocycles. The van der Waals surface area contributed by atoms with Crippen LogP contribution in [0.15, 0.2) is 404 Å². The van der Waals surface area contributed by atoms with Gasteiger partial charge in [-0.05, 0) is 209 Å². The maximum Gasteiger partial charge on any atom is 0.343 e. The van der Waals surface area contributed by atoms with Gasteiger partial charge in [-0.15, -0.1) is 39.5 Å². The Morgan fingerprint density at radius 2 is 0.423 bits per heavy atom. The number of hydrogen-bond donors (Lipinski definition) is 0. The van der Waals surface area contributed by atoms with Crippen LogP contribution in [-0.2, 0) is 53.4 Å². The normalized spacial score (nSPS) is 10.0. The summed E-state index contributed by atoms with van der Waals surface area (Å²) in [6.07, 6.45) is 22.6. The van der Waals surface area contributed by atoms with Gasteiger partial charge in [0.05, 0.1) is 58.7 Å². The van der Waals surface area contributed by atoms with Crippen LogP contribution in [0, 0.1) is 0 Å². The molecular formula is C114H116O16. The van der Waals surface area contributed by atoms with Crippen molar-refractivity contribution in [2.75, 3.05) is 14.2 Å². The van der Waals surface area contributed by atoms with E-state index in [-0.39, 0.29) is 33.4 Å². The molecule has 0 aliphatic heterocycles. The van der Waals surface area contributed by atoms with Crippen molar-refractivity contribution in [2.24, 2.45) is 0 Å². The molecular weight excluding hydrogens is 1630 g/mol. The van der Waals surface area contributed by atoms with Crippen LogP contribution in [0.4, 0.5) is 0 Å². The van der Waals surface area contributed by atoms with Crippen LogP contribution in [0.3, 0.4) is 0 Å². The topological polar surface area (TPSA) is 210 Å². The average Bonchev–Trinajstić information content (AvgIpc) is 0.759. The first kappa shape index (κ1) is 105. The van der Waals surface area contributed by atoms with Crippen molar-refractivity contribution < 1.29 is 76.3 Å². The van der Waals surface area contributed by atoms with Gasteiger partial charge in [0.2, 0.25) is 0 Å². The molecule has 16 heteroatoms. The van der Waals surface area contributed by atoms with Crippen molar-refractivity contribution >= 4 is 47.8 Å². The molecule has 130 heavy (non-hydrogen) atoms. The SMILES string of the molecule is C/C=C/C.C/C=C/C.C=CCc1ccccc1OC(=O)c1cccc(C(=O)OC)c1.C=CCc1ccccc1OC(=O)c1cccc(C(=O)OC)c1.C=CCc1ccccc1OC(=O)c1cccc(C(=O)Oc2cccc(C(C)(C)c3cccc(OC(=O)c4cccc(C(=O)Oc5ccccc5CC=C)c4)c3CC=C)c2CC=C)c1.CCC.c1ccccc1.c1ccccc1. The highest BCUT2D eigenvalue weighted by Gasteiger charge is 2.32. The van der Waals surface area contributed by atoms with Crippen molar-refractivity contribution in [1.82, 2.24) is 0 Å². The lowest BCUT2D eigenvalue weighted by atomic mass is 9.73. The number of methoxy groups -OCH3 is 2. The second-order valence-electron chi connectivity index (χ2n) is 28.6. The highest BCUT2D eigenvalue weighted by atomic mass is 16.6. The lowest BCUT2D eigenvalue weighted by Gasteiger charge is -2.32. The minimum Gasteiger partial charge on any atom is -0.465 e. The molecule has 0 aliphatic carbocycles. The fraction of sp³-hybridized carbons (Fsp3) is 0.158. The first-order valence-electron chi connectivity index (χ1n) is 42.3. The van der Waals surface area contributed by atoms with E-state index in [1.165, 1.54) is 44.9 Å². The summed E-state index contributed by atoms with van der Waals surface area (Å²) in [6.45, 7) is 39.2. The van der Waals surface area contributed by atoms with Gasteiger partial charge in [-0.25, -0.2) is 38.4 Å². The molecule has 0 aromatic heterocycles. The third-order valence-corrected chi connectivity index (χ3v) is 18.6. The summed E-state index contributed by atoms with van der Waals surface area (Å²) in [4.78, 5) is 101. The van der Waals surface area contributed by atoms with Gasteiger partial charge in [0.1, 0.15) is 34.5 Å². The zero-order valence-electron chi connectivity index (χ0n) is 75.9. The van der Waals surface area contributed by atoms with Crippen LogP contribution in [0.1, 0.15) is 189 Å². The molecule has 0 saturated carbocycles. The number of para-hydroxylation sites is 4. The Kier molecular flexibility index (Phi) is 47.8. The van der Waals surface area contributed by atoms with Crippen molar-refractivity contribution in [3.63, 3.8) is 0 Å². The quantitative estimate of drug-likeness (QED) is 0.0253. The second-order valence-corrected chi connectivity index (χ2v) is 28.6. The summed E-state index contributed by atoms with van der Waals surface area (Å²) in [7, 11) is 2.58. The van der Waals surface area contributed by atoms with Crippen LogP contribution in [0.25, 0.3) is 0 Å². The minimum atomic E-state index is -0.737. The molecule has 0 bridgehead atoms. The van der Waals surface area contributed by atoms with Crippen molar-refractivity contribution in [1.29, 1.82) is 0 Å². The summed E-state index contributed by atoms with van der Waals surface area (Å²) in [5, 5.41) is 0. The van der Waals surface area contributed by atoms with E-state index < -0.39 is 53.2 Å². The summed E-state index contributed by atoms with van der Waals surface area (Å²) in [5.41, 5.74) is 7.64. The molecule has 0 spiro atoms. The van der Waals surface area contributed by atoms with E-state index in [0.29, 0.717) is 84.1 Å². The van der Waals surface area contributed by atoms with Gasteiger partial charge in [0, 0.05) is 16.5 Å². The van der Waals surface area contributed by atoms with Gasteiger partial charge >= 0.3 is 47.8 Å². The number of esters is 8. The first-order chi connectivity index (χ1) is 63.0. The molecule has 0 heterocycles. The van der Waals surface area contributed by atoms with E-state index in [1.54, 1.807) is 170 Å². The fourth-order valence-corrected chi connectivity index (χ4v) is 12.1. The van der Waals surface area contributed by atoms with Crippen molar-refractivity contribution in [3.8, 4) is 34.5 Å². The largest absolute Gasteiger partial charge is 0.465 e.